The van der Waals surface area contributed by atoms with Crippen molar-refractivity contribution in [3.8, 4) is 0 Å². The summed E-state index contributed by atoms with van der Waals surface area (Å²) in [6, 6.07) is 17.8. The number of rotatable bonds is 17. The third kappa shape index (κ3) is 13.2. The van der Waals surface area contributed by atoms with Gasteiger partial charge < -0.3 is 14.7 Å². The zero-order valence-electron chi connectivity index (χ0n) is 31.8. The third-order valence-corrected chi connectivity index (χ3v) is 10.3. The van der Waals surface area contributed by atoms with E-state index in [1.165, 1.54) is 47.4 Å². The molecule has 4 rings (SSSR count). The van der Waals surface area contributed by atoms with Gasteiger partial charge in [0.15, 0.2) is 4.90 Å². The Balaban J connectivity index is 1.70. The van der Waals surface area contributed by atoms with Gasteiger partial charge in [0.05, 0.1) is 34.0 Å². The van der Waals surface area contributed by atoms with E-state index >= 15 is 0 Å². The Morgan fingerprint density at radius 2 is 1.31 bits per heavy atom. The summed E-state index contributed by atoms with van der Waals surface area (Å²) in [6.45, 7) is 3.81. The van der Waals surface area contributed by atoms with Gasteiger partial charge >= 0.3 is 18.4 Å². The van der Waals surface area contributed by atoms with Crippen molar-refractivity contribution in [2.24, 2.45) is 0 Å². The van der Waals surface area contributed by atoms with Crippen molar-refractivity contribution in [2.75, 3.05) is 26.2 Å². The van der Waals surface area contributed by atoms with Crippen LogP contribution in [0.1, 0.15) is 60.8 Å². The van der Waals surface area contributed by atoms with Crippen molar-refractivity contribution in [3.63, 3.8) is 0 Å². The summed E-state index contributed by atoms with van der Waals surface area (Å²) in [7, 11) is -4.76. The van der Waals surface area contributed by atoms with E-state index in [0.717, 1.165) is 46.8 Å². The van der Waals surface area contributed by atoms with Crippen LogP contribution >= 0.6 is 0 Å². The molecule has 1 amide bonds. The van der Waals surface area contributed by atoms with Crippen molar-refractivity contribution in [3.05, 3.63) is 135 Å². The molecule has 0 radical (unpaired) electrons. The lowest BCUT2D eigenvalue weighted by Gasteiger charge is -2.30. The van der Waals surface area contributed by atoms with Crippen LogP contribution in [0.25, 0.3) is 0 Å². The number of sulfonamides is 1. The molecule has 0 atom stereocenters. The summed E-state index contributed by atoms with van der Waals surface area (Å²) in [5, 5.41) is 21.3. The van der Waals surface area contributed by atoms with E-state index in [2.05, 4.69) is 4.98 Å². The van der Waals surface area contributed by atoms with Crippen LogP contribution in [0.15, 0.2) is 95.9 Å². The van der Waals surface area contributed by atoms with Crippen LogP contribution in [0.2, 0.25) is 0 Å². The number of nitro groups is 1. The van der Waals surface area contributed by atoms with Crippen LogP contribution < -0.4 is 0 Å². The van der Waals surface area contributed by atoms with Gasteiger partial charge in [0.25, 0.3) is 15.7 Å². The number of aliphatic hydroxyl groups excluding tert-OH is 1. The number of pyridine rings is 1. The van der Waals surface area contributed by atoms with Gasteiger partial charge in [0.1, 0.15) is 5.60 Å². The number of nitro benzene ring substituents is 1. The molecule has 0 aliphatic carbocycles. The number of nitrogens with zero attached hydrogens (tertiary/aromatic N) is 5. The summed E-state index contributed by atoms with van der Waals surface area (Å²) in [5.74, 6) is 0. The second-order valence-corrected chi connectivity index (χ2v) is 16.2. The number of hydrogen-bond donors (Lipinski definition) is 1. The topological polar surface area (TPSA) is 146 Å². The van der Waals surface area contributed by atoms with E-state index in [4.69, 9.17) is 4.74 Å². The van der Waals surface area contributed by atoms with E-state index in [1.807, 2.05) is 0 Å². The second kappa shape index (κ2) is 19.1. The van der Waals surface area contributed by atoms with Gasteiger partial charge in [-0.15, -0.1) is 0 Å². The molecule has 1 heterocycles. The number of hydrogen-bond acceptors (Lipinski definition) is 9. The van der Waals surface area contributed by atoms with Crippen LogP contribution in [-0.4, -0.2) is 75.5 Å². The lowest BCUT2D eigenvalue weighted by Crippen LogP contribution is -2.42. The summed E-state index contributed by atoms with van der Waals surface area (Å²) >= 11 is 0. The number of alkyl halides is 6. The summed E-state index contributed by atoms with van der Waals surface area (Å²) in [5.41, 5.74) is -2.86. The molecule has 4 aromatic rings. The first-order valence-corrected chi connectivity index (χ1v) is 19.3. The molecule has 0 spiro atoms. The number of aliphatic hydroxyl groups is 1. The fourth-order valence-electron chi connectivity index (χ4n) is 5.82. The van der Waals surface area contributed by atoms with Crippen LogP contribution in [0.4, 0.5) is 36.8 Å². The Kier molecular flexibility index (Phi) is 15.0. The molecule has 0 aliphatic rings. The number of para-hydroxylation sites is 1. The first kappa shape index (κ1) is 45.6. The molecule has 0 fully saturated rings. The molecule has 0 aliphatic heterocycles. The van der Waals surface area contributed by atoms with Gasteiger partial charge in [-0.2, -0.15) is 30.6 Å². The quantitative estimate of drug-likeness (QED) is 0.0634. The van der Waals surface area contributed by atoms with Gasteiger partial charge in [0, 0.05) is 51.9 Å². The zero-order chi connectivity index (χ0) is 42.9. The molecule has 1 aromatic heterocycles. The summed E-state index contributed by atoms with van der Waals surface area (Å²) in [4.78, 5) is 31.0. The van der Waals surface area contributed by atoms with E-state index < -0.39 is 73.8 Å². The van der Waals surface area contributed by atoms with E-state index in [-0.39, 0.29) is 62.6 Å². The maximum atomic E-state index is 14.1. The highest BCUT2D eigenvalue weighted by atomic mass is 32.2. The lowest BCUT2D eigenvalue weighted by molar-refractivity contribution is -0.387. The average Bonchev–Trinajstić information content (AvgIpc) is 3.13. The van der Waals surface area contributed by atoms with E-state index in [9.17, 15) is 54.8 Å². The van der Waals surface area contributed by atoms with Crippen molar-refractivity contribution in [1.82, 2.24) is 19.1 Å². The van der Waals surface area contributed by atoms with Crippen molar-refractivity contribution in [2.45, 2.75) is 76.2 Å². The molecule has 58 heavy (non-hydrogen) atoms. The van der Waals surface area contributed by atoms with E-state index in [0.29, 0.717) is 5.69 Å². The Morgan fingerprint density at radius 3 is 1.86 bits per heavy atom. The first-order chi connectivity index (χ1) is 27.1. The van der Waals surface area contributed by atoms with Gasteiger partial charge in [0.2, 0.25) is 0 Å². The lowest BCUT2D eigenvalue weighted by atomic mass is 10.1. The number of ether oxygens (including phenoxy) is 1. The second-order valence-electron chi connectivity index (χ2n) is 14.3. The molecule has 0 saturated carbocycles. The number of aromatic nitrogens is 1. The Bertz CT molecular complexity index is 2150. The highest BCUT2D eigenvalue weighted by Gasteiger charge is 2.34. The number of carbonyl (C=O) groups is 1. The smallest absolute Gasteiger partial charge is 0.416 e. The summed E-state index contributed by atoms with van der Waals surface area (Å²) in [6.07, 6.45) is -9.80. The molecule has 1 N–H and O–H groups in total. The number of amides is 1. The van der Waals surface area contributed by atoms with Gasteiger partial charge in [-0.25, -0.2) is 13.2 Å². The zero-order valence-corrected chi connectivity index (χ0v) is 32.6. The van der Waals surface area contributed by atoms with Gasteiger partial charge in [-0.1, -0.05) is 54.6 Å². The normalized spacial score (nSPS) is 12.6. The maximum Gasteiger partial charge on any atom is 0.416 e. The minimum atomic E-state index is -4.76. The monoisotopic (exact) mass is 839 g/mol. The van der Waals surface area contributed by atoms with Crippen LogP contribution in [-0.2, 0) is 53.3 Å². The van der Waals surface area contributed by atoms with Crippen LogP contribution in [0.3, 0.4) is 0 Å². The number of benzene rings is 3. The van der Waals surface area contributed by atoms with Gasteiger partial charge in [-0.3, -0.25) is 20.0 Å². The molecule has 12 nitrogen and oxygen atoms in total. The first-order valence-electron chi connectivity index (χ1n) is 17.9. The summed E-state index contributed by atoms with van der Waals surface area (Å²) < 4.78 is 116. The Morgan fingerprint density at radius 1 is 0.759 bits per heavy atom. The Hall–Kier alpha value is -5.11. The molecule has 19 heteroatoms. The minimum Gasteiger partial charge on any atom is -0.444 e. The highest BCUT2D eigenvalue weighted by Crippen LogP contribution is 2.33. The maximum absolute atomic E-state index is 14.1. The standard InChI is InChI=1S/C39H43F6N5O7S/c1-37(2,3)57-36(52)48(18-9-21-51)20-19-47(24-28-10-6-12-30(22-28)38(40,41)42)26-32-14-8-15-33(46-32)27-49(25-29-11-7-13-31(23-29)39(43,44)45)58(55,56)35-17-5-4-16-34(35)50(53)54/h4-8,10-17,22-23,51H,9,18-21,24-27H2,1-3H3. The van der Waals surface area contributed by atoms with E-state index in [1.54, 1.807) is 31.7 Å². The molecular weight excluding hydrogens is 797 g/mol. The van der Waals surface area contributed by atoms with Crippen molar-refractivity contribution >= 4 is 21.8 Å². The highest BCUT2D eigenvalue weighted by molar-refractivity contribution is 7.89. The van der Waals surface area contributed by atoms with Crippen molar-refractivity contribution in [1.29, 1.82) is 0 Å². The fourth-order valence-corrected chi connectivity index (χ4v) is 7.38. The van der Waals surface area contributed by atoms with Crippen LogP contribution in [0, 0.1) is 10.1 Å². The number of carbonyl (C=O) groups excluding carboxylic acids is 1. The van der Waals surface area contributed by atoms with Gasteiger partial charge in [-0.05, 0) is 68.7 Å². The molecular formula is C39H43F6N5O7S. The fraction of sp³-hybridized carbons (Fsp3) is 0.385. The molecule has 3 aromatic carbocycles. The predicted molar refractivity (Wildman–Crippen MR) is 200 cm³/mol. The molecule has 314 valence electrons. The van der Waals surface area contributed by atoms with Crippen LogP contribution in [0.5, 0.6) is 0 Å². The third-order valence-electron chi connectivity index (χ3n) is 8.47. The number of halogens is 6. The predicted octanol–water partition coefficient (Wildman–Crippen LogP) is 8.04. The SMILES string of the molecule is CC(C)(C)OC(=O)N(CCCO)CCN(Cc1cccc(C(F)(F)F)c1)Cc1cccc(CN(Cc2cccc(C(F)(F)F)c2)S(=O)(=O)c2ccccc2[N+](=O)[O-])n1. The molecule has 0 bridgehead atoms. The largest absolute Gasteiger partial charge is 0.444 e. The van der Waals surface area contributed by atoms with Crippen molar-refractivity contribution < 1.29 is 54.3 Å². The average molecular weight is 840 g/mol. The molecule has 0 saturated heterocycles. The molecule has 0 unspecified atom stereocenters. The Labute approximate surface area is 331 Å². The minimum absolute atomic E-state index is 0.0310.